The second kappa shape index (κ2) is 12.1. The van der Waals surface area contributed by atoms with Gasteiger partial charge in [-0.15, -0.1) is 35.6 Å². The molecule has 0 fully saturated rings. The van der Waals surface area contributed by atoms with Crippen molar-refractivity contribution in [2.24, 2.45) is 0 Å². The van der Waals surface area contributed by atoms with Gasteiger partial charge in [-0.25, -0.2) is 16.8 Å². The number of aliphatic hydroxyl groups is 2. The summed E-state index contributed by atoms with van der Waals surface area (Å²) in [7, 11) is -6.83. The summed E-state index contributed by atoms with van der Waals surface area (Å²) >= 11 is 10.7. The molecule has 0 aromatic carbocycles. The predicted octanol–water partition coefficient (Wildman–Crippen LogP) is -0.973. The maximum atomic E-state index is 11.4. The van der Waals surface area contributed by atoms with Gasteiger partial charge in [-0.2, -0.15) is 0 Å². The summed E-state index contributed by atoms with van der Waals surface area (Å²) in [6, 6.07) is 0. The minimum absolute atomic E-state index is 0. The van der Waals surface area contributed by atoms with Crippen LogP contribution in [0.25, 0.3) is 0 Å². The van der Waals surface area contributed by atoms with E-state index in [1.807, 2.05) is 0 Å². The highest BCUT2D eigenvalue weighted by Crippen LogP contribution is 1.98. The molecule has 136 valence electrons. The molecule has 2 atom stereocenters. The molecule has 0 aliphatic carbocycles. The van der Waals surface area contributed by atoms with Crippen LogP contribution in [0.3, 0.4) is 0 Å². The normalized spacial score (nSPS) is 15.1. The highest BCUT2D eigenvalue weighted by molar-refractivity contribution is 7.91. The molecule has 0 aliphatic heterocycles. The van der Waals surface area contributed by atoms with Crippen LogP contribution in [0.5, 0.6) is 0 Å². The van der Waals surface area contributed by atoms with E-state index in [9.17, 15) is 27.0 Å². The van der Waals surface area contributed by atoms with Crippen molar-refractivity contribution in [3.63, 3.8) is 0 Å². The molecule has 3 N–H and O–H groups in total. The van der Waals surface area contributed by atoms with Gasteiger partial charge >= 0.3 is 0 Å². The van der Waals surface area contributed by atoms with Gasteiger partial charge < -0.3 is 15.5 Å². The van der Waals surface area contributed by atoms with Crippen molar-refractivity contribution in [1.29, 1.82) is 0 Å². The zero-order chi connectivity index (χ0) is 16.5. The van der Waals surface area contributed by atoms with Crippen molar-refractivity contribution in [2.45, 2.75) is 12.2 Å². The highest BCUT2D eigenvalue weighted by Gasteiger charge is 2.19. The Kier molecular flexibility index (Phi) is 13.7. The number of aliphatic hydroxyl groups excluding tert-OH is 2. The van der Waals surface area contributed by atoms with Crippen LogP contribution >= 0.6 is 35.6 Å². The third kappa shape index (κ3) is 13.1. The topological polar surface area (TPSA) is 121 Å². The number of halogens is 3. The summed E-state index contributed by atoms with van der Waals surface area (Å²) in [5.74, 6) is -1.39. The SMILES string of the molecule is Cl.O=S(=O)(CCCl)CC(O)CNCC(O)CS(=O)(=O)CCCl. The summed E-state index contributed by atoms with van der Waals surface area (Å²) in [5, 5.41) is 21.7. The Morgan fingerprint density at radius 2 is 1.14 bits per heavy atom. The maximum Gasteiger partial charge on any atom is 0.154 e. The smallest absolute Gasteiger partial charge is 0.154 e. The first kappa shape index (κ1) is 24.9. The van der Waals surface area contributed by atoms with Crippen LogP contribution in [0.4, 0.5) is 0 Å². The number of rotatable bonds is 12. The summed E-state index contributed by atoms with van der Waals surface area (Å²) in [4.78, 5) is 0. The molecular weight excluding hydrogens is 401 g/mol. The molecule has 0 rings (SSSR count). The molecule has 0 heterocycles. The molecule has 0 saturated carbocycles. The van der Waals surface area contributed by atoms with Crippen LogP contribution < -0.4 is 5.32 Å². The fourth-order valence-electron chi connectivity index (χ4n) is 1.52. The molecule has 12 heteroatoms. The molecule has 0 saturated heterocycles. The van der Waals surface area contributed by atoms with Crippen LogP contribution in [0.2, 0.25) is 0 Å². The second-order valence-electron chi connectivity index (χ2n) is 4.57. The summed E-state index contributed by atoms with van der Waals surface area (Å²) in [5.41, 5.74) is 0. The van der Waals surface area contributed by atoms with Crippen molar-refractivity contribution >= 4 is 55.3 Å². The van der Waals surface area contributed by atoms with Gasteiger partial charge in [-0.05, 0) is 0 Å². The van der Waals surface area contributed by atoms with Gasteiger partial charge in [0.05, 0.1) is 35.2 Å². The minimum Gasteiger partial charge on any atom is -0.391 e. The van der Waals surface area contributed by atoms with Crippen molar-refractivity contribution < 1.29 is 27.0 Å². The molecular formula is C10H22Cl3NO6S2. The lowest BCUT2D eigenvalue weighted by Crippen LogP contribution is -2.39. The third-order valence-corrected chi connectivity index (χ3v) is 6.69. The number of nitrogens with one attached hydrogen (secondary N) is 1. The van der Waals surface area contributed by atoms with Crippen LogP contribution in [0, 0.1) is 0 Å². The quantitative estimate of drug-likeness (QED) is 0.346. The average Bonchev–Trinajstić information content (AvgIpc) is 2.26. The van der Waals surface area contributed by atoms with Gasteiger partial charge in [-0.1, -0.05) is 0 Å². The molecule has 0 aliphatic rings. The number of hydrogen-bond acceptors (Lipinski definition) is 7. The van der Waals surface area contributed by atoms with Crippen LogP contribution in [0.15, 0.2) is 0 Å². The average molecular weight is 423 g/mol. The number of alkyl halides is 2. The number of sulfone groups is 2. The Labute approximate surface area is 147 Å². The molecule has 0 radical (unpaired) electrons. The monoisotopic (exact) mass is 421 g/mol. The van der Waals surface area contributed by atoms with E-state index in [0.29, 0.717) is 0 Å². The van der Waals surface area contributed by atoms with E-state index in [1.54, 1.807) is 0 Å². The standard InChI is InChI=1S/C10H21Cl2NO6S2.ClH/c11-1-3-20(16,17)7-9(14)5-13-6-10(15)8-21(18,19)4-2-12;/h9-10,13-15H,1-8H2;1H. The van der Waals surface area contributed by atoms with E-state index in [0.717, 1.165) is 0 Å². The van der Waals surface area contributed by atoms with Gasteiger partial charge in [0.25, 0.3) is 0 Å². The Balaban J connectivity index is 0. The Morgan fingerprint density at radius 3 is 1.41 bits per heavy atom. The van der Waals surface area contributed by atoms with Gasteiger partial charge in [0.1, 0.15) is 0 Å². The lowest BCUT2D eigenvalue weighted by atomic mass is 10.3. The largest absolute Gasteiger partial charge is 0.391 e. The van der Waals surface area contributed by atoms with E-state index in [4.69, 9.17) is 23.2 Å². The summed E-state index contributed by atoms with van der Waals surface area (Å²) in [6.07, 6.45) is -2.30. The molecule has 0 bridgehead atoms. The van der Waals surface area contributed by atoms with Crippen molar-refractivity contribution in [1.82, 2.24) is 5.32 Å². The minimum atomic E-state index is -3.41. The lowest BCUT2D eigenvalue weighted by Gasteiger charge is -2.15. The van der Waals surface area contributed by atoms with Gasteiger partial charge in [-0.3, -0.25) is 0 Å². The molecule has 0 spiro atoms. The third-order valence-electron chi connectivity index (χ3n) is 2.43. The fraction of sp³-hybridized carbons (Fsp3) is 1.00. The van der Waals surface area contributed by atoms with Crippen molar-refractivity contribution in [3.05, 3.63) is 0 Å². The predicted molar refractivity (Wildman–Crippen MR) is 90.9 cm³/mol. The number of hydrogen-bond donors (Lipinski definition) is 3. The van der Waals surface area contributed by atoms with E-state index < -0.39 is 43.4 Å². The Bertz CT molecular complexity index is 441. The van der Waals surface area contributed by atoms with Crippen LogP contribution in [-0.2, 0) is 19.7 Å². The van der Waals surface area contributed by atoms with E-state index in [1.165, 1.54) is 0 Å². The van der Waals surface area contributed by atoms with Crippen LogP contribution in [-0.4, -0.2) is 87.1 Å². The van der Waals surface area contributed by atoms with E-state index >= 15 is 0 Å². The Morgan fingerprint density at radius 1 is 0.818 bits per heavy atom. The first-order valence-electron chi connectivity index (χ1n) is 6.21. The van der Waals surface area contributed by atoms with Gasteiger partial charge in [0.15, 0.2) is 19.7 Å². The van der Waals surface area contributed by atoms with Crippen molar-refractivity contribution in [3.8, 4) is 0 Å². The molecule has 22 heavy (non-hydrogen) atoms. The van der Waals surface area contributed by atoms with Crippen LogP contribution in [0.1, 0.15) is 0 Å². The molecule has 0 amide bonds. The van der Waals surface area contributed by atoms with Gasteiger partial charge in [0, 0.05) is 24.8 Å². The fourth-order valence-corrected chi connectivity index (χ4v) is 5.14. The van der Waals surface area contributed by atoms with Gasteiger partial charge in [0.2, 0.25) is 0 Å². The zero-order valence-corrected chi connectivity index (χ0v) is 15.8. The first-order chi connectivity index (χ1) is 9.62. The second-order valence-corrected chi connectivity index (χ2v) is 9.79. The van der Waals surface area contributed by atoms with E-state index in [2.05, 4.69) is 5.32 Å². The first-order valence-corrected chi connectivity index (χ1v) is 10.9. The summed E-state index contributed by atoms with van der Waals surface area (Å²) in [6.45, 7) is -0.151. The zero-order valence-electron chi connectivity index (χ0n) is 11.8. The lowest BCUT2D eigenvalue weighted by molar-refractivity contribution is 0.167. The summed E-state index contributed by atoms with van der Waals surface area (Å²) < 4.78 is 45.5. The molecule has 2 unspecified atom stereocenters. The Hall–Kier alpha value is 0.650. The molecule has 0 aromatic heterocycles. The molecule has 7 nitrogen and oxygen atoms in total. The van der Waals surface area contributed by atoms with Crippen molar-refractivity contribution in [2.75, 3.05) is 47.9 Å². The molecule has 0 aromatic rings. The van der Waals surface area contributed by atoms with E-state index in [-0.39, 0.29) is 48.8 Å². The maximum absolute atomic E-state index is 11.4. The highest BCUT2D eigenvalue weighted by atomic mass is 35.5.